The van der Waals surface area contributed by atoms with E-state index >= 15 is 0 Å². The number of nitrogens with one attached hydrogen (secondary N) is 2. The van der Waals surface area contributed by atoms with E-state index in [-0.39, 0.29) is 41.4 Å². The second-order valence-electron chi connectivity index (χ2n) is 5.29. The van der Waals surface area contributed by atoms with Crippen molar-refractivity contribution >= 4 is 23.4 Å². The Morgan fingerprint density at radius 2 is 2.00 bits per heavy atom. The maximum absolute atomic E-state index is 13.7. The molecule has 0 aromatic heterocycles. The van der Waals surface area contributed by atoms with Crippen LogP contribution in [0.4, 0.5) is 4.39 Å². The van der Waals surface area contributed by atoms with Crippen LogP contribution in [0.25, 0.3) is 0 Å². The molecular weight excluding hydrogens is 319 g/mol. The molecule has 0 unspecified atom stereocenters. The number of halogens is 2. The van der Waals surface area contributed by atoms with Crippen molar-refractivity contribution in [2.75, 3.05) is 0 Å². The smallest absolute Gasteiger partial charge is 0.252 e. The van der Waals surface area contributed by atoms with Gasteiger partial charge in [-0.05, 0) is 23.8 Å². The van der Waals surface area contributed by atoms with Crippen molar-refractivity contribution in [1.29, 1.82) is 0 Å². The lowest BCUT2D eigenvalue weighted by molar-refractivity contribution is -0.121. The Morgan fingerprint density at radius 3 is 2.78 bits per heavy atom. The molecule has 2 aromatic rings. The standard InChI is InChI=1S/C17H14ClFN2O2/c18-13-6-3-7-14(19)12(13)9-20-16(22)8-15-10-4-1-2-5-11(10)17(23)21-15/h1-7,15H,8-9H2,(H,20,22)(H,21,23)/t15-/m1/s1. The summed E-state index contributed by atoms with van der Waals surface area (Å²) in [6, 6.07) is 11.1. The summed E-state index contributed by atoms with van der Waals surface area (Å²) in [6.07, 6.45) is 0.0921. The second kappa shape index (κ2) is 6.38. The molecule has 0 radical (unpaired) electrons. The van der Waals surface area contributed by atoms with Gasteiger partial charge in [-0.2, -0.15) is 0 Å². The summed E-state index contributed by atoms with van der Waals surface area (Å²) in [5.74, 6) is -0.931. The number of hydrogen-bond donors (Lipinski definition) is 2. The fourth-order valence-corrected chi connectivity index (χ4v) is 2.86. The predicted molar refractivity (Wildman–Crippen MR) is 84.5 cm³/mol. The van der Waals surface area contributed by atoms with Crippen LogP contribution in [0.15, 0.2) is 42.5 Å². The van der Waals surface area contributed by atoms with Crippen molar-refractivity contribution < 1.29 is 14.0 Å². The van der Waals surface area contributed by atoms with E-state index in [4.69, 9.17) is 11.6 Å². The Kier molecular flexibility index (Phi) is 4.30. The summed E-state index contributed by atoms with van der Waals surface area (Å²) >= 11 is 5.92. The average Bonchev–Trinajstić information content (AvgIpc) is 2.83. The number of carbonyl (C=O) groups is 2. The first-order valence-corrected chi connectivity index (χ1v) is 7.53. The molecule has 6 heteroatoms. The van der Waals surface area contributed by atoms with Crippen LogP contribution in [0.3, 0.4) is 0 Å². The third-order valence-corrected chi connectivity index (χ3v) is 4.15. The van der Waals surface area contributed by atoms with Gasteiger partial charge in [0, 0.05) is 22.7 Å². The molecule has 0 bridgehead atoms. The predicted octanol–water partition coefficient (Wildman–Crippen LogP) is 2.97. The van der Waals surface area contributed by atoms with Crippen molar-refractivity contribution in [3.05, 3.63) is 70.0 Å². The van der Waals surface area contributed by atoms with E-state index in [9.17, 15) is 14.0 Å². The second-order valence-corrected chi connectivity index (χ2v) is 5.70. The third kappa shape index (κ3) is 3.19. The van der Waals surface area contributed by atoms with Gasteiger partial charge >= 0.3 is 0 Å². The molecule has 3 rings (SSSR count). The van der Waals surface area contributed by atoms with Crippen LogP contribution < -0.4 is 10.6 Å². The lowest BCUT2D eigenvalue weighted by Crippen LogP contribution is -2.29. The van der Waals surface area contributed by atoms with Gasteiger partial charge in [-0.1, -0.05) is 35.9 Å². The van der Waals surface area contributed by atoms with E-state index in [0.29, 0.717) is 5.56 Å². The fraction of sp³-hybridized carbons (Fsp3) is 0.176. The molecule has 1 aliphatic heterocycles. The Morgan fingerprint density at radius 1 is 1.22 bits per heavy atom. The van der Waals surface area contributed by atoms with Crippen molar-refractivity contribution in [1.82, 2.24) is 10.6 Å². The first-order chi connectivity index (χ1) is 11.1. The highest BCUT2D eigenvalue weighted by Gasteiger charge is 2.29. The molecule has 4 nitrogen and oxygen atoms in total. The van der Waals surface area contributed by atoms with Crippen LogP contribution in [-0.4, -0.2) is 11.8 Å². The van der Waals surface area contributed by atoms with Gasteiger partial charge in [0.2, 0.25) is 5.91 Å². The van der Waals surface area contributed by atoms with Gasteiger partial charge in [0.1, 0.15) is 5.82 Å². The summed E-state index contributed by atoms with van der Waals surface area (Å²) < 4.78 is 13.7. The van der Waals surface area contributed by atoms with Gasteiger partial charge in [-0.15, -0.1) is 0 Å². The topological polar surface area (TPSA) is 58.2 Å². The van der Waals surface area contributed by atoms with Gasteiger partial charge in [-0.3, -0.25) is 9.59 Å². The maximum atomic E-state index is 13.7. The molecule has 0 spiro atoms. The molecule has 1 heterocycles. The van der Waals surface area contributed by atoms with Crippen LogP contribution in [-0.2, 0) is 11.3 Å². The van der Waals surface area contributed by atoms with Crippen molar-refractivity contribution in [3.63, 3.8) is 0 Å². The molecule has 118 valence electrons. The Balaban J connectivity index is 1.64. The Labute approximate surface area is 137 Å². The lowest BCUT2D eigenvalue weighted by atomic mass is 10.0. The molecule has 2 aromatic carbocycles. The number of carbonyl (C=O) groups excluding carboxylic acids is 2. The highest BCUT2D eigenvalue weighted by Crippen LogP contribution is 2.27. The first-order valence-electron chi connectivity index (χ1n) is 7.15. The number of amides is 2. The van der Waals surface area contributed by atoms with E-state index in [0.717, 1.165) is 5.56 Å². The van der Waals surface area contributed by atoms with Gasteiger partial charge in [0.25, 0.3) is 5.91 Å². The summed E-state index contributed by atoms with van der Waals surface area (Å²) in [6.45, 7) is 0.00660. The molecule has 0 saturated heterocycles. The van der Waals surface area contributed by atoms with Crippen molar-refractivity contribution in [3.8, 4) is 0 Å². The molecule has 1 aliphatic rings. The molecule has 0 aliphatic carbocycles. The molecule has 0 saturated carbocycles. The minimum atomic E-state index is -0.461. The largest absolute Gasteiger partial charge is 0.352 e. The minimum Gasteiger partial charge on any atom is -0.352 e. The third-order valence-electron chi connectivity index (χ3n) is 3.80. The van der Waals surface area contributed by atoms with E-state index in [1.165, 1.54) is 12.1 Å². The zero-order valence-corrected chi connectivity index (χ0v) is 12.9. The van der Waals surface area contributed by atoms with Crippen LogP contribution in [0.2, 0.25) is 5.02 Å². The first kappa shape index (κ1) is 15.5. The van der Waals surface area contributed by atoms with Crippen LogP contribution >= 0.6 is 11.6 Å². The van der Waals surface area contributed by atoms with E-state index in [2.05, 4.69) is 10.6 Å². The summed E-state index contributed by atoms with van der Waals surface area (Å²) in [5.41, 5.74) is 1.64. The SMILES string of the molecule is O=C(C[C@H]1NC(=O)c2ccccc21)NCc1c(F)cccc1Cl. The highest BCUT2D eigenvalue weighted by atomic mass is 35.5. The maximum Gasteiger partial charge on any atom is 0.252 e. The molecule has 0 fully saturated rings. The van der Waals surface area contributed by atoms with Crippen molar-refractivity contribution in [2.45, 2.75) is 19.0 Å². The van der Waals surface area contributed by atoms with Gasteiger partial charge in [0.15, 0.2) is 0 Å². The van der Waals surface area contributed by atoms with Crippen LogP contribution in [0.1, 0.15) is 33.9 Å². The summed E-state index contributed by atoms with van der Waals surface area (Å²) in [7, 11) is 0. The van der Waals surface area contributed by atoms with Gasteiger partial charge in [0.05, 0.1) is 12.5 Å². The van der Waals surface area contributed by atoms with E-state index < -0.39 is 5.82 Å². The number of rotatable bonds is 4. The molecule has 1 atom stereocenters. The van der Waals surface area contributed by atoms with Crippen LogP contribution in [0.5, 0.6) is 0 Å². The Hall–Kier alpha value is -2.40. The number of hydrogen-bond acceptors (Lipinski definition) is 2. The molecular formula is C17H14ClFN2O2. The molecule has 23 heavy (non-hydrogen) atoms. The number of fused-ring (bicyclic) bond motifs is 1. The number of benzene rings is 2. The summed E-state index contributed by atoms with van der Waals surface area (Å²) in [5, 5.41) is 5.68. The van der Waals surface area contributed by atoms with E-state index in [1.54, 1.807) is 18.2 Å². The summed E-state index contributed by atoms with van der Waals surface area (Å²) in [4.78, 5) is 23.9. The lowest BCUT2D eigenvalue weighted by Gasteiger charge is -2.12. The molecule has 2 N–H and O–H groups in total. The van der Waals surface area contributed by atoms with Gasteiger partial charge in [-0.25, -0.2) is 4.39 Å². The highest BCUT2D eigenvalue weighted by molar-refractivity contribution is 6.31. The van der Waals surface area contributed by atoms with Crippen LogP contribution in [0, 0.1) is 5.82 Å². The van der Waals surface area contributed by atoms with E-state index in [1.807, 2.05) is 12.1 Å². The van der Waals surface area contributed by atoms with Crippen molar-refractivity contribution in [2.24, 2.45) is 0 Å². The average molecular weight is 333 g/mol. The minimum absolute atomic E-state index is 0.00660. The zero-order chi connectivity index (χ0) is 16.4. The zero-order valence-electron chi connectivity index (χ0n) is 12.1. The monoisotopic (exact) mass is 332 g/mol. The Bertz CT molecular complexity index is 759. The fourth-order valence-electron chi connectivity index (χ4n) is 2.63. The quantitative estimate of drug-likeness (QED) is 0.904. The van der Waals surface area contributed by atoms with Gasteiger partial charge < -0.3 is 10.6 Å². The normalized spacial score (nSPS) is 15.9. The molecule has 2 amide bonds.